The molecule has 2 heterocycles. The first kappa shape index (κ1) is 18.5. The van der Waals surface area contributed by atoms with Gasteiger partial charge in [0.05, 0.1) is 6.54 Å². The number of rotatable bonds is 6. The van der Waals surface area contributed by atoms with Crippen molar-refractivity contribution in [2.75, 3.05) is 11.9 Å². The zero-order valence-electron chi connectivity index (χ0n) is 15.6. The lowest BCUT2D eigenvalue weighted by molar-refractivity contribution is -0.127. The molecule has 0 saturated heterocycles. The Morgan fingerprint density at radius 3 is 2.68 bits per heavy atom. The van der Waals surface area contributed by atoms with Gasteiger partial charge in [0, 0.05) is 17.5 Å². The third-order valence-corrected chi connectivity index (χ3v) is 5.93. The molecule has 1 fully saturated rings. The van der Waals surface area contributed by atoms with E-state index in [9.17, 15) is 14.4 Å². The van der Waals surface area contributed by atoms with Crippen molar-refractivity contribution in [3.63, 3.8) is 0 Å². The fraction of sp³-hybridized carbons (Fsp3) is 0.421. The number of amides is 3. The molecule has 2 N–H and O–H groups in total. The molecule has 9 heteroatoms. The standard InChI is InChI=1S/C19H21N5O3S/c1-10(2)17-22-23-19(28-17)21-14(25)9-20-16(26)15-12-5-3-4-6-13(12)18(27)24(15)11-7-8-11/h3-6,10-11,15H,7-9H2,1-2H3,(H,20,26)(H,21,23,25)/t15-/m1/s1. The van der Waals surface area contributed by atoms with Crippen LogP contribution in [0.25, 0.3) is 0 Å². The molecule has 0 bridgehead atoms. The molecule has 0 unspecified atom stereocenters. The van der Waals surface area contributed by atoms with E-state index in [4.69, 9.17) is 0 Å². The van der Waals surface area contributed by atoms with Crippen molar-refractivity contribution in [1.82, 2.24) is 20.4 Å². The van der Waals surface area contributed by atoms with E-state index in [1.165, 1.54) is 11.3 Å². The predicted octanol–water partition coefficient (Wildman–Crippen LogP) is 2.08. The number of hydrogen-bond donors (Lipinski definition) is 2. The van der Waals surface area contributed by atoms with Gasteiger partial charge in [-0.1, -0.05) is 43.4 Å². The summed E-state index contributed by atoms with van der Waals surface area (Å²) in [6.45, 7) is 3.80. The molecule has 28 heavy (non-hydrogen) atoms. The van der Waals surface area contributed by atoms with Gasteiger partial charge >= 0.3 is 0 Å². The van der Waals surface area contributed by atoms with E-state index in [1.54, 1.807) is 23.1 Å². The summed E-state index contributed by atoms with van der Waals surface area (Å²) in [6, 6.07) is 6.57. The summed E-state index contributed by atoms with van der Waals surface area (Å²) in [7, 11) is 0. The third-order valence-electron chi connectivity index (χ3n) is 4.79. The van der Waals surface area contributed by atoms with Crippen molar-refractivity contribution < 1.29 is 14.4 Å². The maximum Gasteiger partial charge on any atom is 0.255 e. The quantitative estimate of drug-likeness (QED) is 0.774. The zero-order chi connectivity index (χ0) is 19.8. The number of fused-ring (bicyclic) bond motifs is 1. The second-order valence-corrected chi connectivity index (χ2v) is 8.31. The number of nitrogens with one attached hydrogen (secondary N) is 2. The highest BCUT2D eigenvalue weighted by Crippen LogP contribution is 2.41. The SMILES string of the molecule is CC(C)c1nnc(NC(=O)CNC(=O)[C@H]2c3ccccc3C(=O)N2C2CC2)s1. The number of carbonyl (C=O) groups excluding carboxylic acids is 3. The van der Waals surface area contributed by atoms with Crippen LogP contribution in [0.2, 0.25) is 0 Å². The number of carbonyl (C=O) groups is 3. The highest BCUT2D eigenvalue weighted by atomic mass is 32.1. The molecule has 1 atom stereocenters. The molecular formula is C19H21N5O3S. The van der Waals surface area contributed by atoms with Crippen LogP contribution >= 0.6 is 11.3 Å². The van der Waals surface area contributed by atoms with Crippen LogP contribution in [0.4, 0.5) is 5.13 Å². The second-order valence-electron chi connectivity index (χ2n) is 7.30. The minimum Gasteiger partial charge on any atom is -0.345 e. The van der Waals surface area contributed by atoms with Gasteiger partial charge in [-0.2, -0.15) is 0 Å². The average molecular weight is 399 g/mol. The maximum atomic E-state index is 12.8. The van der Waals surface area contributed by atoms with Crippen LogP contribution in [0, 0.1) is 0 Å². The monoisotopic (exact) mass is 399 g/mol. The molecular weight excluding hydrogens is 378 g/mol. The number of hydrogen-bond acceptors (Lipinski definition) is 6. The summed E-state index contributed by atoms with van der Waals surface area (Å²) in [4.78, 5) is 39.4. The van der Waals surface area contributed by atoms with Gasteiger partial charge in [-0.3, -0.25) is 19.7 Å². The van der Waals surface area contributed by atoms with E-state index >= 15 is 0 Å². The Labute approximate surface area is 166 Å². The second kappa shape index (κ2) is 7.31. The maximum absolute atomic E-state index is 12.8. The van der Waals surface area contributed by atoms with Crippen LogP contribution in [-0.4, -0.2) is 45.4 Å². The highest BCUT2D eigenvalue weighted by molar-refractivity contribution is 7.15. The molecule has 0 radical (unpaired) electrons. The fourth-order valence-corrected chi connectivity index (χ4v) is 4.04. The van der Waals surface area contributed by atoms with Crippen molar-refractivity contribution in [3.8, 4) is 0 Å². The number of aromatic nitrogens is 2. The summed E-state index contributed by atoms with van der Waals surface area (Å²) < 4.78 is 0. The van der Waals surface area contributed by atoms with Gasteiger partial charge in [0.25, 0.3) is 5.91 Å². The van der Waals surface area contributed by atoms with Gasteiger partial charge in [-0.15, -0.1) is 10.2 Å². The Morgan fingerprint density at radius 2 is 2.00 bits per heavy atom. The van der Waals surface area contributed by atoms with Crippen molar-refractivity contribution >= 4 is 34.2 Å². The zero-order valence-corrected chi connectivity index (χ0v) is 16.5. The summed E-state index contributed by atoms with van der Waals surface area (Å²) in [5, 5.41) is 14.5. The normalized spacial score (nSPS) is 18.3. The smallest absolute Gasteiger partial charge is 0.255 e. The summed E-state index contributed by atoms with van der Waals surface area (Å²) in [6.07, 6.45) is 1.80. The Bertz CT molecular complexity index is 937. The molecule has 1 aromatic carbocycles. The van der Waals surface area contributed by atoms with Crippen LogP contribution in [0.5, 0.6) is 0 Å². The van der Waals surface area contributed by atoms with Gasteiger partial charge in [0.2, 0.25) is 16.9 Å². The lowest BCUT2D eigenvalue weighted by Gasteiger charge is -2.24. The van der Waals surface area contributed by atoms with E-state index in [0.29, 0.717) is 16.3 Å². The first-order chi connectivity index (χ1) is 13.5. The number of anilines is 1. The lowest BCUT2D eigenvalue weighted by atomic mass is 10.0. The van der Waals surface area contributed by atoms with E-state index in [1.807, 2.05) is 19.9 Å². The molecule has 1 saturated carbocycles. The number of nitrogens with zero attached hydrogens (tertiary/aromatic N) is 3. The van der Waals surface area contributed by atoms with Crippen molar-refractivity contribution in [1.29, 1.82) is 0 Å². The van der Waals surface area contributed by atoms with Crippen LogP contribution < -0.4 is 10.6 Å². The summed E-state index contributed by atoms with van der Waals surface area (Å²) >= 11 is 1.31. The number of benzene rings is 1. The van der Waals surface area contributed by atoms with E-state index in [-0.39, 0.29) is 36.2 Å². The molecule has 2 aromatic rings. The van der Waals surface area contributed by atoms with Gasteiger partial charge in [0.15, 0.2) is 0 Å². The molecule has 146 valence electrons. The Morgan fingerprint density at radius 1 is 1.25 bits per heavy atom. The van der Waals surface area contributed by atoms with Crippen LogP contribution in [0.3, 0.4) is 0 Å². The molecule has 1 aliphatic carbocycles. The fourth-order valence-electron chi connectivity index (χ4n) is 3.28. The van der Waals surface area contributed by atoms with Crippen LogP contribution in [0.15, 0.2) is 24.3 Å². The molecule has 3 amide bonds. The van der Waals surface area contributed by atoms with Crippen LogP contribution in [0.1, 0.15) is 59.6 Å². The van der Waals surface area contributed by atoms with Gasteiger partial charge in [-0.05, 0) is 24.5 Å². The molecule has 1 aliphatic heterocycles. The highest BCUT2D eigenvalue weighted by Gasteiger charge is 2.47. The van der Waals surface area contributed by atoms with Crippen LogP contribution in [-0.2, 0) is 9.59 Å². The minimum absolute atomic E-state index is 0.0975. The van der Waals surface area contributed by atoms with Crippen molar-refractivity contribution in [2.45, 2.75) is 44.7 Å². The topological polar surface area (TPSA) is 104 Å². The first-order valence-corrected chi connectivity index (χ1v) is 10.1. The van der Waals surface area contributed by atoms with Crippen molar-refractivity contribution in [2.24, 2.45) is 0 Å². The Balaban J connectivity index is 1.41. The lowest BCUT2D eigenvalue weighted by Crippen LogP contribution is -2.42. The molecule has 4 rings (SSSR count). The van der Waals surface area contributed by atoms with E-state index in [2.05, 4.69) is 20.8 Å². The van der Waals surface area contributed by atoms with Gasteiger partial charge < -0.3 is 10.2 Å². The minimum atomic E-state index is -0.682. The summed E-state index contributed by atoms with van der Waals surface area (Å²) in [5.41, 5.74) is 1.26. The first-order valence-electron chi connectivity index (χ1n) is 9.28. The molecule has 8 nitrogen and oxygen atoms in total. The summed E-state index contributed by atoms with van der Waals surface area (Å²) in [5.74, 6) is -0.607. The van der Waals surface area contributed by atoms with E-state index < -0.39 is 6.04 Å². The third kappa shape index (κ3) is 3.49. The Kier molecular flexibility index (Phi) is 4.84. The van der Waals surface area contributed by atoms with E-state index in [0.717, 1.165) is 17.8 Å². The predicted molar refractivity (Wildman–Crippen MR) is 104 cm³/mol. The van der Waals surface area contributed by atoms with Gasteiger partial charge in [0.1, 0.15) is 11.0 Å². The van der Waals surface area contributed by atoms with Gasteiger partial charge in [-0.25, -0.2) is 0 Å². The molecule has 1 aromatic heterocycles. The van der Waals surface area contributed by atoms with Crippen molar-refractivity contribution in [3.05, 3.63) is 40.4 Å². The average Bonchev–Trinajstić information content (AvgIpc) is 3.33. The molecule has 0 spiro atoms. The Hall–Kier alpha value is -2.81. The molecule has 2 aliphatic rings. The largest absolute Gasteiger partial charge is 0.345 e.